The molecule has 2 aromatic rings. The first-order valence-electron chi connectivity index (χ1n) is 6.84. The van der Waals surface area contributed by atoms with Gasteiger partial charge < -0.3 is 4.90 Å². The van der Waals surface area contributed by atoms with Gasteiger partial charge in [-0.25, -0.2) is 10.5 Å². The minimum absolute atomic E-state index is 0.334. The summed E-state index contributed by atoms with van der Waals surface area (Å²) >= 11 is 1.58. The second-order valence-corrected chi connectivity index (χ2v) is 5.27. The Hall–Kier alpha value is -1.71. The molecule has 114 valence electrons. The van der Waals surface area contributed by atoms with Crippen LogP contribution >= 0.6 is 11.8 Å². The van der Waals surface area contributed by atoms with E-state index in [4.69, 9.17) is 5.84 Å². The molecule has 0 aromatic carbocycles. The molecule has 0 saturated heterocycles. The lowest BCUT2D eigenvalue weighted by Gasteiger charge is -2.17. The second-order valence-electron chi connectivity index (χ2n) is 4.21. The maximum absolute atomic E-state index is 5.41. The van der Waals surface area contributed by atoms with Gasteiger partial charge in [0.2, 0.25) is 5.95 Å². The third kappa shape index (κ3) is 4.38. The van der Waals surface area contributed by atoms with Crippen molar-refractivity contribution in [1.82, 2.24) is 29.6 Å². The predicted octanol–water partition coefficient (Wildman–Crippen LogP) is 0.777. The van der Waals surface area contributed by atoms with Crippen molar-refractivity contribution in [2.45, 2.75) is 19.0 Å². The Morgan fingerprint density at radius 2 is 2.10 bits per heavy atom. The number of rotatable bonds is 8. The van der Waals surface area contributed by atoms with Crippen molar-refractivity contribution in [3.63, 3.8) is 0 Å². The van der Waals surface area contributed by atoms with Gasteiger partial charge in [0.05, 0.1) is 0 Å². The zero-order chi connectivity index (χ0) is 15.1. The highest BCUT2D eigenvalue weighted by Crippen LogP contribution is 2.15. The molecule has 2 rings (SSSR count). The monoisotopic (exact) mass is 308 g/mol. The Labute approximate surface area is 128 Å². The number of nitrogens with two attached hydrogens (primary N) is 1. The van der Waals surface area contributed by atoms with Crippen molar-refractivity contribution in [3.8, 4) is 5.95 Å². The molecule has 0 radical (unpaired) electrons. The number of hydrogen-bond donors (Lipinski definition) is 2. The number of nitrogens with zero attached hydrogens (tertiary/aromatic N) is 6. The molecule has 0 aliphatic heterocycles. The molecule has 0 amide bonds. The van der Waals surface area contributed by atoms with Crippen LogP contribution in [0, 0.1) is 0 Å². The summed E-state index contributed by atoms with van der Waals surface area (Å²) in [6.45, 7) is 7.39. The maximum atomic E-state index is 5.41. The molecule has 9 heteroatoms. The third-order valence-electron chi connectivity index (χ3n) is 2.97. The number of aromatic nitrogens is 5. The van der Waals surface area contributed by atoms with Gasteiger partial charge in [-0.2, -0.15) is 20.1 Å². The normalized spacial score (nSPS) is 11.0. The Kier molecular flexibility index (Phi) is 5.90. The van der Waals surface area contributed by atoms with E-state index in [1.807, 2.05) is 6.07 Å². The van der Waals surface area contributed by atoms with E-state index in [0.29, 0.717) is 17.1 Å². The van der Waals surface area contributed by atoms with E-state index < -0.39 is 0 Å². The predicted molar refractivity (Wildman–Crippen MR) is 83.3 cm³/mol. The molecule has 21 heavy (non-hydrogen) atoms. The summed E-state index contributed by atoms with van der Waals surface area (Å²) in [5.74, 6) is 7.11. The van der Waals surface area contributed by atoms with E-state index in [1.165, 1.54) is 0 Å². The van der Waals surface area contributed by atoms with Gasteiger partial charge >= 0.3 is 0 Å². The fourth-order valence-electron chi connectivity index (χ4n) is 1.77. The fourth-order valence-corrected chi connectivity index (χ4v) is 2.60. The van der Waals surface area contributed by atoms with E-state index in [-0.39, 0.29) is 0 Å². The minimum Gasteiger partial charge on any atom is -0.303 e. The van der Waals surface area contributed by atoms with Crippen molar-refractivity contribution < 1.29 is 0 Å². The van der Waals surface area contributed by atoms with E-state index in [9.17, 15) is 0 Å². The Morgan fingerprint density at radius 1 is 1.29 bits per heavy atom. The van der Waals surface area contributed by atoms with Crippen LogP contribution in [0.3, 0.4) is 0 Å². The molecule has 0 atom stereocenters. The lowest BCUT2D eigenvalue weighted by atomic mass is 10.5. The van der Waals surface area contributed by atoms with Gasteiger partial charge in [-0.3, -0.25) is 5.43 Å². The largest absolute Gasteiger partial charge is 0.303 e. The van der Waals surface area contributed by atoms with E-state index in [2.05, 4.69) is 44.2 Å². The summed E-state index contributed by atoms with van der Waals surface area (Å²) in [7, 11) is 0. The topological polar surface area (TPSA) is 97.8 Å². The van der Waals surface area contributed by atoms with Crippen LogP contribution in [0.25, 0.3) is 5.95 Å². The Bertz CT molecular complexity index is 540. The van der Waals surface area contributed by atoms with Crippen LogP contribution in [-0.2, 0) is 0 Å². The van der Waals surface area contributed by atoms with Crippen LogP contribution in [0.4, 0.5) is 5.95 Å². The number of nitrogens with one attached hydrogen (secondary N) is 1. The van der Waals surface area contributed by atoms with Crippen LogP contribution < -0.4 is 11.3 Å². The number of thioether (sulfide) groups is 1. The first-order valence-corrected chi connectivity index (χ1v) is 7.83. The van der Waals surface area contributed by atoms with Gasteiger partial charge in [-0.05, 0) is 19.2 Å². The van der Waals surface area contributed by atoms with Gasteiger partial charge in [-0.1, -0.05) is 25.6 Å². The summed E-state index contributed by atoms with van der Waals surface area (Å²) in [6.07, 6.45) is 3.45. The molecular weight excluding hydrogens is 288 g/mol. The lowest BCUT2D eigenvalue weighted by Crippen LogP contribution is -2.25. The Balaban J connectivity index is 2.07. The minimum atomic E-state index is 0.334. The average Bonchev–Trinajstić information content (AvgIpc) is 3.05. The highest BCUT2D eigenvalue weighted by molar-refractivity contribution is 7.99. The van der Waals surface area contributed by atoms with Crippen LogP contribution in [0.2, 0.25) is 0 Å². The van der Waals surface area contributed by atoms with Gasteiger partial charge in [0.15, 0.2) is 5.16 Å². The van der Waals surface area contributed by atoms with Crippen molar-refractivity contribution in [3.05, 3.63) is 18.5 Å². The second kappa shape index (κ2) is 7.91. The fraction of sp³-hybridized carbons (Fsp3) is 0.500. The van der Waals surface area contributed by atoms with Gasteiger partial charge in [0.25, 0.3) is 5.95 Å². The summed E-state index contributed by atoms with van der Waals surface area (Å²) in [6, 6.07) is 1.81. The van der Waals surface area contributed by atoms with Crippen LogP contribution in [0.5, 0.6) is 0 Å². The molecule has 0 unspecified atom stereocenters. The van der Waals surface area contributed by atoms with E-state index in [1.54, 1.807) is 28.8 Å². The van der Waals surface area contributed by atoms with Gasteiger partial charge in [-0.15, -0.1) is 0 Å². The van der Waals surface area contributed by atoms with Crippen molar-refractivity contribution >= 4 is 17.7 Å². The molecule has 0 saturated carbocycles. The average molecular weight is 308 g/mol. The number of hydrazine groups is 1. The Morgan fingerprint density at radius 3 is 2.71 bits per heavy atom. The molecule has 0 spiro atoms. The molecule has 0 fully saturated rings. The molecule has 2 aromatic heterocycles. The molecular formula is C12H20N8S. The molecule has 8 nitrogen and oxygen atoms in total. The highest BCUT2D eigenvalue weighted by atomic mass is 32.2. The summed E-state index contributed by atoms with van der Waals surface area (Å²) < 4.78 is 1.58. The molecule has 2 heterocycles. The van der Waals surface area contributed by atoms with Crippen LogP contribution in [0.1, 0.15) is 13.8 Å². The maximum Gasteiger partial charge on any atom is 0.256 e. The van der Waals surface area contributed by atoms with Crippen LogP contribution in [-0.4, -0.2) is 55.0 Å². The summed E-state index contributed by atoms with van der Waals surface area (Å²) in [5.41, 5.74) is 2.46. The standard InChI is InChI=1S/C12H20N8S/c1-3-19(4-2)8-9-21-12-16-10(18-13)15-11(17-12)20-7-5-6-14-20/h5-7H,3-4,8-9,13H2,1-2H3,(H,15,16,17,18). The highest BCUT2D eigenvalue weighted by Gasteiger charge is 2.09. The zero-order valence-corrected chi connectivity index (χ0v) is 13.0. The molecule has 0 aliphatic carbocycles. The van der Waals surface area contributed by atoms with Crippen molar-refractivity contribution in [2.75, 3.05) is 30.8 Å². The van der Waals surface area contributed by atoms with Crippen molar-refractivity contribution in [1.29, 1.82) is 0 Å². The van der Waals surface area contributed by atoms with Gasteiger partial charge in [0, 0.05) is 24.7 Å². The summed E-state index contributed by atoms with van der Waals surface area (Å²) in [5, 5.41) is 4.75. The van der Waals surface area contributed by atoms with E-state index in [0.717, 1.165) is 25.4 Å². The number of nitrogen functional groups attached to an aromatic ring is 1. The SMILES string of the molecule is CCN(CC)CCSc1nc(NN)nc(-n2cccn2)n1. The smallest absolute Gasteiger partial charge is 0.256 e. The number of anilines is 1. The third-order valence-corrected chi connectivity index (χ3v) is 3.80. The zero-order valence-electron chi connectivity index (χ0n) is 12.2. The lowest BCUT2D eigenvalue weighted by molar-refractivity contribution is 0.324. The van der Waals surface area contributed by atoms with Crippen LogP contribution in [0.15, 0.2) is 23.6 Å². The van der Waals surface area contributed by atoms with E-state index >= 15 is 0 Å². The summed E-state index contributed by atoms with van der Waals surface area (Å²) in [4.78, 5) is 15.2. The van der Waals surface area contributed by atoms with Gasteiger partial charge in [0.1, 0.15) is 0 Å². The molecule has 0 bridgehead atoms. The first kappa shape index (κ1) is 15.7. The number of hydrogen-bond acceptors (Lipinski definition) is 8. The quantitative estimate of drug-likeness (QED) is 0.419. The van der Waals surface area contributed by atoms with Crippen molar-refractivity contribution in [2.24, 2.45) is 5.84 Å². The molecule has 3 N–H and O–H groups in total. The molecule has 0 aliphatic rings. The first-order chi connectivity index (χ1) is 10.3.